The maximum Gasteiger partial charge on any atom is 0.173 e. The van der Waals surface area contributed by atoms with Crippen LogP contribution in [0.15, 0.2) is 42.5 Å². The number of hydrogen-bond acceptors (Lipinski definition) is 2. The highest BCUT2D eigenvalue weighted by molar-refractivity contribution is 7.80. The van der Waals surface area contributed by atoms with Gasteiger partial charge in [-0.05, 0) is 49.0 Å². The maximum absolute atomic E-state index is 6.12. The molecule has 0 atom stereocenters. The summed E-state index contributed by atoms with van der Waals surface area (Å²) in [5.41, 5.74) is 3.35. The van der Waals surface area contributed by atoms with E-state index in [4.69, 9.17) is 35.4 Å². The Morgan fingerprint density at radius 3 is 2.38 bits per heavy atom. The van der Waals surface area contributed by atoms with Crippen LogP contribution in [-0.2, 0) is 0 Å². The zero-order valence-corrected chi connectivity index (χ0v) is 15.8. The van der Waals surface area contributed by atoms with E-state index in [1.165, 1.54) is 5.56 Å². The summed E-state index contributed by atoms with van der Waals surface area (Å²) in [6.07, 6.45) is 0. The minimum absolute atomic E-state index is 0.586. The van der Waals surface area contributed by atoms with Crippen molar-refractivity contribution in [2.75, 3.05) is 36.4 Å². The molecule has 126 valence electrons. The van der Waals surface area contributed by atoms with E-state index in [1.807, 2.05) is 36.4 Å². The molecule has 24 heavy (non-hydrogen) atoms. The predicted octanol–water partition coefficient (Wildman–Crippen LogP) is 4.82. The van der Waals surface area contributed by atoms with E-state index in [2.05, 4.69) is 28.1 Å². The van der Waals surface area contributed by atoms with Gasteiger partial charge < -0.3 is 15.1 Å². The second-order valence-corrected chi connectivity index (χ2v) is 7.02. The normalized spacial score (nSPS) is 14.6. The van der Waals surface area contributed by atoms with Gasteiger partial charge in [0, 0.05) is 37.6 Å². The summed E-state index contributed by atoms with van der Waals surface area (Å²) in [5, 5.41) is 5.30. The lowest BCUT2D eigenvalue weighted by Crippen LogP contribution is -2.50. The number of nitrogens with zero attached hydrogens (tertiary/aromatic N) is 2. The van der Waals surface area contributed by atoms with E-state index >= 15 is 0 Å². The van der Waals surface area contributed by atoms with Crippen LogP contribution < -0.4 is 10.2 Å². The number of rotatable bonds is 2. The Morgan fingerprint density at radius 1 is 1.00 bits per heavy atom. The Morgan fingerprint density at radius 2 is 1.71 bits per heavy atom. The van der Waals surface area contributed by atoms with Crippen molar-refractivity contribution in [3.8, 4) is 0 Å². The summed E-state index contributed by atoms with van der Waals surface area (Å²) in [6, 6.07) is 13.9. The van der Waals surface area contributed by atoms with Gasteiger partial charge in [-0.1, -0.05) is 41.4 Å². The third-order valence-corrected chi connectivity index (χ3v) is 5.32. The highest BCUT2D eigenvalue weighted by Gasteiger charge is 2.20. The summed E-state index contributed by atoms with van der Waals surface area (Å²) < 4.78 is 0. The van der Waals surface area contributed by atoms with Crippen LogP contribution in [-0.4, -0.2) is 36.2 Å². The molecule has 2 aromatic carbocycles. The Kier molecular flexibility index (Phi) is 5.49. The molecule has 0 unspecified atom stereocenters. The third-order valence-electron chi connectivity index (χ3n) is 4.22. The minimum Gasteiger partial charge on any atom is -0.368 e. The molecule has 1 aliphatic rings. The smallest absolute Gasteiger partial charge is 0.173 e. The van der Waals surface area contributed by atoms with E-state index < -0.39 is 0 Å². The van der Waals surface area contributed by atoms with E-state index in [1.54, 1.807) is 0 Å². The second-order valence-electron chi connectivity index (χ2n) is 5.82. The number of anilines is 2. The van der Waals surface area contributed by atoms with Gasteiger partial charge in [0.2, 0.25) is 0 Å². The van der Waals surface area contributed by atoms with Crippen LogP contribution in [0.2, 0.25) is 10.0 Å². The molecule has 0 radical (unpaired) electrons. The van der Waals surface area contributed by atoms with Gasteiger partial charge in [-0.25, -0.2) is 0 Å². The molecule has 0 aromatic heterocycles. The monoisotopic (exact) mass is 379 g/mol. The van der Waals surface area contributed by atoms with Gasteiger partial charge in [0.25, 0.3) is 0 Å². The lowest BCUT2D eigenvalue weighted by molar-refractivity contribution is 0.391. The first-order chi connectivity index (χ1) is 11.5. The maximum atomic E-state index is 6.12. The Hall–Kier alpha value is -1.49. The fraction of sp³-hybridized carbons (Fsp3) is 0.278. The quantitative estimate of drug-likeness (QED) is 0.753. The molecule has 0 spiro atoms. The van der Waals surface area contributed by atoms with Crippen LogP contribution in [0.3, 0.4) is 0 Å². The minimum atomic E-state index is 0.586. The standard InChI is InChI=1S/C18H19Cl2N3S/c1-13-4-2-3-5-17(13)21-18(24)23-10-8-22(9-11-23)14-6-7-15(19)16(20)12-14/h2-7,12H,8-11H2,1H3,(H,21,24). The largest absolute Gasteiger partial charge is 0.368 e. The Bertz CT molecular complexity index is 743. The summed E-state index contributed by atoms with van der Waals surface area (Å²) >= 11 is 17.7. The summed E-state index contributed by atoms with van der Waals surface area (Å²) in [6.45, 7) is 5.62. The highest BCUT2D eigenvalue weighted by atomic mass is 35.5. The second kappa shape index (κ2) is 7.60. The first-order valence-electron chi connectivity index (χ1n) is 7.86. The first kappa shape index (κ1) is 17.3. The van der Waals surface area contributed by atoms with Crippen molar-refractivity contribution in [1.82, 2.24) is 4.90 Å². The van der Waals surface area contributed by atoms with Crippen molar-refractivity contribution in [1.29, 1.82) is 0 Å². The van der Waals surface area contributed by atoms with Gasteiger partial charge >= 0.3 is 0 Å². The van der Waals surface area contributed by atoms with Crippen molar-refractivity contribution in [2.24, 2.45) is 0 Å². The van der Waals surface area contributed by atoms with Crippen molar-refractivity contribution in [2.45, 2.75) is 6.92 Å². The van der Waals surface area contributed by atoms with Gasteiger partial charge in [-0.15, -0.1) is 0 Å². The van der Waals surface area contributed by atoms with Crippen LogP contribution >= 0.6 is 35.4 Å². The lowest BCUT2D eigenvalue weighted by Gasteiger charge is -2.37. The number of piperazine rings is 1. The van der Waals surface area contributed by atoms with Crippen LogP contribution in [0.1, 0.15) is 5.56 Å². The summed E-state index contributed by atoms with van der Waals surface area (Å²) in [4.78, 5) is 4.50. The Balaban J connectivity index is 1.59. The molecule has 0 aliphatic carbocycles. The molecular formula is C18H19Cl2N3S. The number of benzene rings is 2. The van der Waals surface area contributed by atoms with E-state index in [-0.39, 0.29) is 0 Å². The molecule has 1 heterocycles. The molecule has 0 bridgehead atoms. The molecule has 3 rings (SSSR count). The van der Waals surface area contributed by atoms with Crippen molar-refractivity contribution in [3.05, 3.63) is 58.1 Å². The molecule has 0 amide bonds. The van der Waals surface area contributed by atoms with Crippen LogP contribution in [0.25, 0.3) is 0 Å². The molecule has 6 heteroatoms. The average Bonchev–Trinajstić information content (AvgIpc) is 2.59. The van der Waals surface area contributed by atoms with Gasteiger partial charge in [0.15, 0.2) is 5.11 Å². The molecule has 1 aliphatic heterocycles. The zero-order chi connectivity index (χ0) is 17.1. The fourth-order valence-corrected chi connectivity index (χ4v) is 3.34. The Labute approximate surface area is 158 Å². The summed E-state index contributed by atoms with van der Waals surface area (Å²) in [5.74, 6) is 0. The van der Waals surface area contributed by atoms with Gasteiger partial charge in [-0.3, -0.25) is 0 Å². The number of hydrogen-bond donors (Lipinski definition) is 1. The molecule has 3 nitrogen and oxygen atoms in total. The fourth-order valence-electron chi connectivity index (χ4n) is 2.76. The highest BCUT2D eigenvalue weighted by Crippen LogP contribution is 2.27. The van der Waals surface area contributed by atoms with E-state index in [0.29, 0.717) is 10.0 Å². The SMILES string of the molecule is Cc1ccccc1NC(=S)N1CCN(c2ccc(Cl)c(Cl)c2)CC1. The average molecular weight is 380 g/mol. The molecule has 2 aromatic rings. The first-order valence-corrected chi connectivity index (χ1v) is 9.02. The topological polar surface area (TPSA) is 18.5 Å². The predicted molar refractivity (Wildman–Crippen MR) is 108 cm³/mol. The lowest BCUT2D eigenvalue weighted by atomic mass is 10.2. The van der Waals surface area contributed by atoms with Crippen LogP contribution in [0, 0.1) is 6.92 Å². The van der Waals surface area contributed by atoms with Crippen molar-refractivity contribution in [3.63, 3.8) is 0 Å². The number of thiocarbonyl (C=S) groups is 1. The number of para-hydroxylation sites is 1. The molecule has 1 fully saturated rings. The van der Waals surface area contributed by atoms with Gasteiger partial charge in [0.05, 0.1) is 10.0 Å². The number of aryl methyl sites for hydroxylation is 1. The van der Waals surface area contributed by atoms with Gasteiger partial charge in [0.1, 0.15) is 0 Å². The molecule has 1 saturated heterocycles. The molecule has 1 N–H and O–H groups in total. The van der Waals surface area contributed by atoms with Crippen molar-refractivity contribution < 1.29 is 0 Å². The van der Waals surface area contributed by atoms with E-state index in [0.717, 1.165) is 42.7 Å². The van der Waals surface area contributed by atoms with Crippen LogP contribution in [0.5, 0.6) is 0 Å². The van der Waals surface area contributed by atoms with E-state index in [9.17, 15) is 0 Å². The van der Waals surface area contributed by atoms with Crippen molar-refractivity contribution >= 4 is 51.9 Å². The number of halogens is 2. The van der Waals surface area contributed by atoms with Gasteiger partial charge in [-0.2, -0.15) is 0 Å². The zero-order valence-electron chi connectivity index (χ0n) is 13.4. The number of nitrogens with one attached hydrogen (secondary N) is 1. The molecular weight excluding hydrogens is 361 g/mol. The summed E-state index contributed by atoms with van der Waals surface area (Å²) in [7, 11) is 0. The third kappa shape index (κ3) is 3.94. The van der Waals surface area contributed by atoms with Crippen LogP contribution in [0.4, 0.5) is 11.4 Å². The molecule has 0 saturated carbocycles.